The summed E-state index contributed by atoms with van der Waals surface area (Å²) in [5, 5.41) is -0.398. The molecule has 0 saturated carbocycles. The summed E-state index contributed by atoms with van der Waals surface area (Å²) < 4.78 is 32.5. The highest BCUT2D eigenvalue weighted by atomic mass is 79.9. The van der Waals surface area contributed by atoms with Gasteiger partial charge in [0, 0.05) is 19.4 Å². The minimum Gasteiger partial charge on any atom is -0.381 e. The van der Waals surface area contributed by atoms with Crippen molar-refractivity contribution in [2.75, 3.05) is 17.9 Å². The van der Waals surface area contributed by atoms with Gasteiger partial charge in [-0.2, -0.15) is 0 Å². The third-order valence-corrected chi connectivity index (χ3v) is 5.07. The second kappa shape index (κ2) is 5.32. The van der Waals surface area contributed by atoms with E-state index in [-0.39, 0.29) is 0 Å². The van der Waals surface area contributed by atoms with Crippen LogP contribution >= 0.6 is 15.9 Å². The van der Waals surface area contributed by atoms with E-state index in [0.29, 0.717) is 36.3 Å². The molecule has 94 valence electrons. The summed E-state index contributed by atoms with van der Waals surface area (Å²) in [6.45, 7) is 0.990. The van der Waals surface area contributed by atoms with Gasteiger partial charge in [0.15, 0.2) is 5.82 Å². The minimum atomic E-state index is -3.38. The molecular formula is C10H13BrN2O3S. The molecule has 0 aromatic carbocycles. The van der Waals surface area contributed by atoms with E-state index >= 15 is 0 Å². The first-order valence-electron chi connectivity index (χ1n) is 5.29. The molecular weight excluding hydrogens is 308 g/mol. The van der Waals surface area contributed by atoms with Gasteiger partial charge in [-0.25, -0.2) is 13.4 Å². The lowest BCUT2D eigenvalue weighted by atomic mass is 10.2. The average Bonchev–Trinajstić information content (AvgIpc) is 2.33. The highest BCUT2D eigenvalue weighted by Gasteiger charge is 2.28. The number of hydrogen-bond acceptors (Lipinski definition) is 4. The molecule has 0 amide bonds. The Bertz CT molecular complexity index is 486. The van der Waals surface area contributed by atoms with E-state index in [1.54, 1.807) is 18.3 Å². The van der Waals surface area contributed by atoms with Gasteiger partial charge in [-0.05, 0) is 40.9 Å². The van der Waals surface area contributed by atoms with Crippen LogP contribution in [0.15, 0.2) is 22.8 Å². The van der Waals surface area contributed by atoms with Crippen LogP contribution < -0.4 is 4.72 Å². The fourth-order valence-electron chi connectivity index (χ4n) is 1.67. The highest BCUT2D eigenvalue weighted by molar-refractivity contribution is 9.10. The molecule has 0 aliphatic carbocycles. The lowest BCUT2D eigenvalue weighted by Crippen LogP contribution is -2.33. The quantitative estimate of drug-likeness (QED) is 0.921. The first-order chi connectivity index (χ1) is 8.09. The third kappa shape index (κ3) is 3.17. The Morgan fingerprint density at radius 2 is 2.12 bits per heavy atom. The molecule has 1 aliphatic rings. The van der Waals surface area contributed by atoms with Crippen molar-refractivity contribution >= 4 is 31.8 Å². The van der Waals surface area contributed by atoms with Crippen molar-refractivity contribution in [3.63, 3.8) is 0 Å². The van der Waals surface area contributed by atoms with Crippen LogP contribution in [0.2, 0.25) is 0 Å². The second-order valence-electron chi connectivity index (χ2n) is 3.79. The number of nitrogens with zero attached hydrogens (tertiary/aromatic N) is 1. The number of hydrogen-bond donors (Lipinski definition) is 1. The number of pyridine rings is 1. The molecule has 5 nitrogen and oxygen atoms in total. The maximum Gasteiger partial charge on any atom is 0.236 e. The van der Waals surface area contributed by atoms with Crippen molar-refractivity contribution in [2.24, 2.45) is 0 Å². The lowest BCUT2D eigenvalue weighted by molar-refractivity contribution is 0.0984. The molecule has 0 spiro atoms. The Labute approximate surface area is 109 Å². The summed E-state index contributed by atoms with van der Waals surface area (Å²) in [5.74, 6) is 0.332. The van der Waals surface area contributed by atoms with Crippen molar-refractivity contribution in [1.29, 1.82) is 0 Å². The predicted octanol–water partition coefficient (Wildman–Crippen LogP) is 1.76. The molecule has 1 aromatic rings. The molecule has 0 bridgehead atoms. The Morgan fingerprint density at radius 1 is 1.41 bits per heavy atom. The Balaban J connectivity index is 2.14. The average molecular weight is 321 g/mol. The maximum atomic E-state index is 12.1. The highest BCUT2D eigenvalue weighted by Crippen LogP contribution is 2.23. The molecule has 7 heteroatoms. The van der Waals surface area contributed by atoms with E-state index in [1.807, 2.05) is 0 Å². The van der Waals surface area contributed by atoms with E-state index in [1.165, 1.54) is 0 Å². The molecule has 0 atom stereocenters. The van der Waals surface area contributed by atoms with Crippen LogP contribution in [0.25, 0.3) is 0 Å². The van der Waals surface area contributed by atoms with Gasteiger partial charge in [0.05, 0.1) is 9.72 Å². The van der Waals surface area contributed by atoms with Crippen molar-refractivity contribution in [2.45, 2.75) is 18.1 Å². The van der Waals surface area contributed by atoms with Gasteiger partial charge < -0.3 is 4.74 Å². The zero-order valence-electron chi connectivity index (χ0n) is 9.10. The molecule has 1 fully saturated rings. The van der Waals surface area contributed by atoms with Crippen molar-refractivity contribution < 1.29 is 13.2 Å². The van der Waals surface area contributed by atoms with Crippen molar-refractivity contribution in [1.82, 2.24) is 4.98 Å². The predicted molar refractivity (Wildman–Crippen MR) is 68.3 cm³/mol. The van der Waals surface area contributed by atoms with E-state index in [4.69, 9.17) is 4.74 Å². The molecule has 2 heterocycles. The number of anilines is 1. The number of aromatic nitrogens is 1. The zero-order chi connectivity index (χ0) is 12.3. The van der Waals surface area contributed by atoms with Crippen LogP contribution in [-0.4, -0.2) is 31.9 Å². The van der Waals surface area contributed by atoms with Crippen LogP contribution in [0.1, 0.15) is 12.8 Å². The molecule has 1 aromatic heterocycles. The van der Waals surface area contributed by atoms with Crippen LogP contribution in [-0.2, 0) is 14.8 Å². The van der Waals surface area contributed by atoms with Crippen LogP contribution in [0, 0.1) is 0 Å². The Kier molecular flexibility index (Phi) is 4.01. The van der Waals surface area contributed by atoms with Crippen LogP contribution in [0.3, 0.4) is 0 Å². The van der Waals surface area contributed by atoms with Gasteiger partial charge in [-0.3, -0.25) is 4.72 Å². The third-order valence-electron chi connectivity index (χ3n) is 2.60. The number of sulfonamides is 1. The van der Waals surface area contributed by atoms with Gasteiger partial charge in [0.1, 0.15) is 0 Å². The summed E-state index contributed by atoms with van der Waals surface area (Å²) in [5.41, 5.74) is 0. The fraction of sp³-hybridized carbons (Fsp3) is 0.500. The molecule has 1 N–H and O–H groups in total. The molecule has 0 unspecified atom stereocenters. The topological polar surface area (TPSA) is 68.3 Å². The number of halogens is 1. The maximum absolute atomic E-state index is 12.1. The SMILES string of the molecule is O=S(=O)(Nc1ncccc1Br)C1CCOCC1. The Hall–Kier alpha value is -0.660. The summed E-state index contributed by atoms with van der Waals surface area (Å²) in [7, 11) is -3.38. The summed E-state index contributed by atoms with van der Waals surface area (Å²) in [4.78, 5) is 3.99. The van der Waals surface area contributed by atoms with E-state index in [9.17, 15) is 8.42 Å². The standard InChI is InChI=1S/C10H13BrN2O3S/c11-9-2-1-5-12-10(9)13-17(14,15)8-3-6-16-7-4-8/h1-2,5,8H,3-4,6-7H2,(H,12,13). The number of nitrogens with one attached hydrogen (secondary N) is 1. The fourth-order valence-corrected chi connectivity index (χ4v) is 3.56. The molecule has 1 aliphatic heterocycles. The lowest BCUT2D eigenvalue weighted by Gasteiger charge is -2.22. The summed E-state index contributed by atoms with van der Waals surface area (Å²) in [6.07, 6.45) is 2.60. The van der Waals surface area contributed by atoms with Crippen LogP contribution in [0.5, 0.6) is 0 Å². The number of rotatable bonds is 3. The van der Waals surface area contributed by atoms with Crippen molar-refractivity contribution in [3.05, 3.63) is 22.8 Å². The van der Waals surface area contributed by atoms with Gasteiger partial charge in [-0.15, -0.1) is 0 Å². The molecule has 1 saturated heterocycles. The van der Waals surface area contributed by atoms with Gasteiger partial charge in [0.25, 0.3) is 0 Å². The second-order valence-corrected chi connectivity index (χ2v) is 6.61. The first kappa shape index (κ1) is 12.8. The zero-order valence-corrected chi connectivity index (χ0v) is 11.5. The van der Waals surface area contributed by atoms with E-state index in [0.717, 1.165) is 0 Å². The Morgan fingerprint density at radius 3 is 2.76 bits per heavy atom. The minimum absolute atomic E-state index is 0.332. The van der Waals surface area contributed by atoms with Gasteiger partial charge >= 0.3 is 0 Å². The van der Waals surface area contributed by atoms with E-state index in [2.05, 4.69) is 25.6 Å². The first-order valence-corrected chi connectivity index (χ1v) is 7.63. The van der Waals surface area contributed by atoms with Crippen LogP contribution in [0.4, 0.5) is 5.82 Å². The van der Waals surface area contributed by atoms with Gasteiger partial charge in [0.2, 0.25) is 10.0 Å². The molecule has 17 heavy (non-hydrogen) atoms. The monoisotopic (exact) mass is 320 g/mol. The smallest absolute Gasteiger partial charge is 0.236 e. The van der Waals surface area contributed by atoms with Gasteiger partial charge in [-0.1, -0.05) is 0 Å². The van der Waals surface area contributed by atoms with Crippen molar-refractivity contribution in [3.8, 4) is 0 Å². The summed E-state index contributed by atoms with van der Waals surface area (Å²) in [6, 6.07) is 3.48. The largest absolute Gasteiger partial charge is 0.381 e. The van der Waals surface area contributed by atoms with E-state index < -0.39 is 15.3 Å². The molecule has 0 radical (unpaired) electrons. The summed E-state index contributed by atoms with van der Waals surface area (Å²) >= 11 is 3.26. The normalized spacial score (nSPS) is 17.9. The molecule has 2 rings (SSSR count). The number of ether oxygens (including phenoxy) is 1.